The van der Waals surface area contributed by atoms with E-state index in [1.54, 1.807) is 18.3 Å². The van der Waals surface area contributed by atoms with Gasteiger partial charge < -0.3 is 16.2 Å². The number of carbonyl (C=O) groups excluding carboxylic acids is 1. The maximum absolute atomic E-state index is 11.9. The van der Waals surface area contributed by atoms with Crippen LogP contribution < -0.4 is 11.1 Å². The number of anilines is 2. The second-order valence-corrected chi connectivity index (χ2v) is 8.47. The fourth-order valence-corrected chi connectivity index (χ4v) is 4.49. The Balaban J connectivity index is 1.56. The summed E-state index contributed by atoms with van der Waals surface area (Å²) >= 11 is 5.93. The molecule has 144 valence electrons. The van der Waals surface area contributed by atoms with Gasteiger partial charge in [-0.3, -0.25) is 9.48 Å². The van der Waals surface area contributed by atoms with Crippen molar-refractivity contribution in [1.29, 1.82) is 0 Å². The molecule has 2 aromatic rings. The third-order valence-corrected chi connectivity index (χ3v) is 6.24. The fourth-order valence-electron chi connectivity index (χ4n) is 4.37. The smallest absolute Gasteiger partial charge is 0.254 e. The molecule has 0 bridgehead atoms. The van der Waals surface area contributed by atoms with Crippen LogP contribution in [0.25, 0.3) is 0 Å². The molecular weight excluding hydrogens is 364 g/mol. The van der Waals surface area contributed by atoms with Crippen LogP contribution in [0.2, 0.25) is 5.02 Å². The van der Waals surface area contributed by atoms with E-state index in [0.29, 0.717) is 22.3 Å². The number of halogens is 1. The van der Waals surface area contributed by atoms with E-state index in [-0.39, 0.29) is 12.0 Å². The number of nitrogens with zero attached hydrogens (tertiary/aromatic N) is 2. The molecule has 1 aromatic heterocycles. The minimum atomic E-state index is -0.528. The van der Waals surface area contributed by atoms with E-state index in [0.717, 1.165) is 37.8 Å². The van der Waals surface area contributed by atoms with Crippen LogP contribution in [0, 0.1) is 11.8 Å². The Labute approximate surface area is 163 Å². The summed E-state index contributed by atoms with van der Waals surface area (Å²) in [6, 6.07) is 7.33. The lowest BCUT2D eigenvalue weighted by Gasteiger charge is -2.40. The van der Waals surface area contributed by atoms with E-state index >= 15 is 0 Å². The molecule has 2 saturated carbocycles. The van der Waals surface area contributed by atoms with Gasteiger partial charge in [-0.2, -0.15) is 5.10 Å². The zero-order chi connectivity index (χ0) is 19.2. The Bertz CT molecular complexity index is 846. The standard InChI is InChI=1S/C20H25ClN4O2/c1-12-10-20(27,13-2-3-13)9-8-17(12)25-11-16(18(22)26)19(24-25)23-15-6-4-14(21)5-7-15/h4-7,11-13,17,27H,2-3,8-10H2,1H3,(H2,22,26)(H,23,24)/t12-,17-,20+/m0/s1. The van der Waals surface area contributed by atoms with Gasteiger partial charge in [0.05, 0.1) is 11.6 Å². The zero-order valence-electron chi connectivity index (χ0n) is 15.4. The predicted octanol–water partition coefficient (Wildman–Crippen LogP) is 3.88. The van der Waals surface area contributed by atoms with Crippen molar-refractivity contribution >= 4 is 29.0 Å². The average molecular weight is 389 g/mol. The molecule has 0 aliphatic heterocycles. The maximum Gasteiger partial charge on any atom is 0.254 e. The van der Waals surface area contributed by atoms with Gasteiger partial charge in [-0.05, 0) is 68.2 Å². The summed E-state index contributed by atoms with van der Waals surface area (Å²) < 4.78 is 1.84. The number of nitrogens with one attached hydrogen (secondary N) is 1. The van der Waals surface area contributed by atoms with Crippen molar-refractivity contribution in [1.82, 2.24) is 9.78 Å². The van der Waals surface area contributed by atoms with Gasteiger partial charge in [0.15, 0.2) is 5.82 Å². The summed E-state index contributed by atoms with van der Waals surface area (Å²) in [5.41, 5.74) is 6.19. The SMILES string of the molecule is C[C@H]1C[C@@](O)(C2CC2)CC[C@@H]1n1cc(C(N)=O)c(Nc2ccc(Cl)cc2)n1. The minimum absolute atomic E-state index is 0.142. The van der Waals surface area contributed by atoms with Crippen molar-refractivity contribution in [3.8, 4) is 0 Å². The molecule has 0 spiro atoms. The third-order valence-electron chi connectivity index (χ3n) is 5.99. The lowest BCUT2D eigenvalue weighted by Crippen LogP contribution is -2.41. The van der Waals surface area contributed by atoms with Crippen molar-refractivity contribution in [2.24, 2.45) is 17.6 Å². The van der Waals surface area contributed by atoms with E-state index in [9.17, 15) is 9.90 Å². The Morgan fingerprint density at radius 2 is 2.04 bits per heavy atom. The van der Waals surface area contributed by atoms with Crippen LogP contribution in [-0.2, 0) is 0 Å². The second-order valence-electron chi connectivity index (χ2n) is 8.03. The Hall–Kier alpha value is -2.05. The Morgan fingerprint density at radius 1 is 1.33 bits per heavy atom. The van der Waals surface area contributed by atoms with Crippen LogP contribution in [0.5, 0.6) is 0 Å². The molecule has 2 aliphatic carbocycles. The lowest BCUT2D eigenvalue weighted by atomic mass is 9.73. The van der Waals surface area contributed by atoms with E-state index in [1.807, 2.05) is 16.8 Å². The van der Waals surface area contributed by atoms with Crippen molar-refractivity contribution in [3.05, 3.63) is 41.0 Å². The van der Waals surface area contributed by atoms with Gasteiger partial charge in [0.2, 0.25) is 0 Å². The third kappa shape index (κ3) is 3.69. The summed E-state index contributed by atoms with van der Waals surface area (Å²) in [6.07, 6.45) is 6.39. The quantitative estimate of drug-likeness (QED) is 0.724. The number of benzene rings is 1. The van der Waals surface area contributed by atoms with Gasteiger partial charge in [-0.25, -0.2) is 0 Å². The normalized spacial score (nSPS) is 28.1. The molecule has 2 fully saturated rings. The van der Waals surface area contributed by atoms with Crippen LogP contribution in [0.3, 0.4) is 0 Å². The predicted molar refractivity (Wildman–Crippen MR) is 105 cm³/mol. The van der Waals surface area contributed by atoms with Gasteiger partial charge in [0.1, 0.15) is 5.56 Å². The summed E-state index contributed by atoms with van der Waals surface area (Å²) in [5.74, 6) is 0.658. The highest BCUT2D eigenvalue weighted by Gasteiger charge is 2.48. The van der Waals surface area contributed by atoms with Crippen molar-refractivity contribution in [2.75, 3.05) is 5.32 Å². The molecule has 0 radical (unpaired) electrons. The van der Waals surface area contributed by atoms with Gasteiger partial charge >= 0.3 is 0 Å². The number of hydrogen-bond acceptors (Lipinski definition) is 4. The van der Waals surface area contributed by atoms with E-state index < -0.39 is 11.5 Å². The molecule has 1 aromatic carbocycles. The molecule has 3 atom stereocenters. The largest absolute Gasteiger partial charge is 0.390 e. The first kappa shape index (κ1) is 18.3. The molecule has 1 heterocycles. The number of aliphatic hydroxyl groups is 1. The highest BCUT2D eigenvalue weighted by atomic mass is 35.5. The van der Waals surface area contributed by atoms with Crippen molar-refractivity contribution in [3.63, 3.8) is 0 Å². The summed E-state index contributed by atoms with van der Waals surface area (Å²) in [4.78, 5) is 11.9. The Kier molecular flexibility index (Phi) is 4.64. The number of hydrogen-bond donors (Lipinski definition) is 3. The second kappa shape index (κ2) is 6.84. The fraction of sp³-hybridized carbons (Fsp3) is 0.500. The first-order valence-corrected chi connectivity index (χ1v) is 9.87. The van der Waals surface area contributed by atoms with Crippen molar-refractivity contribution < 1.29 is 9.90 Å². The highest BCUT2D eigenvalue weighted by molar-refractivity contribution is 6.30. The molecule has 4 N–H and O–H groups in total. The number of primary amides is 1. The van der Waals surface area contributed by atoms with Crippen LogP contribution in [0.15, 0.2) is 30.5 Å². The van der Waals surface area contributed by atoms with Gasteiger partial charge in [-0.1, -0.05) is 18.5 Å². The highest BCUT2D eigenvalue weighted by Crippen LogP contribution is 2.50. The first-order valence-electron chi connectivity index (χ1n) is 9.49. The van der Waals surface area contributed by atoms with Crippen LogP contribution in [-0.4, -0.2) is 26.4 Å². The monoisotopic (exact) mass is 388 g/mol. The van der Waals surface area contributed by atoms with Crippen LogP contribution in [0.4, 0.5) is 11.5 Å². The number of aromatic nitrogens is 2. The molecule has 0 unspecified atom stereocenters. The van der Waals surface area contributed by atoms with E-state index in [4.69, 9.17) is 17.3 Å². The molecule has 27 heavy (non-hydrogen) atoms. The molecule has 4 rings (SSSR count). The van der Waals surface area contributed by atoms with Gasteiger partial charge in [0.25, 0.3) is 5.91 Å². The van der Waals surface area contributed by atoms with Gasteiger partial charge in [0, 0.05) is 16.9 Å². The lowest BCUT2D eigenvalue weighted by molar-refractivity contribution is -0.0481. The molecule has 2 aliphatic rings. The van der Waals surface area contributed by atoms with Gasteiger partial charge in [-0.15, -0.1) is 0 Å². The number of amides is 1. The first-order chi connectivity index (χ1) is 12.9. The number of nitrogens with two attached hydrogens (primary N) is 1. The zero-order valence-corrected chi connectivity index (χ0v) is 16.1. The molecular formula is C20H25ClN4O2. The van der Waals surface area contributed by atoms with E-state index in [2.05, 4.69) is 17.3 Å². The van der Waals surface area contributed by atoms with Crippen LogP contribution in [0.1, 0.15) is 55.4 Å². The topological polar surface area (TPSA) is 93.2 Å². The molecule has 1 amide bonds. The summed E-state index contributed by atoms with van der Waals surface area (Å²) in [5, 5.41) is 19.3. The number of rotatable bonds is 5. The Morgan fingerprint density at radius 3 is 2.63 bits per heavy atom. The minimum Gasteiger partial charge on any atom is -0.390 e. The molecule has 6 nitrogen and oxygen atoms in total. The van der Waals surface area contributed by atoms with E-state index in [1.165, 1.54) is 0 Å². The summed E-state index contributed by atoms with van der Waals surface area (Å²) in [6.45, 7) is 2.15. The number of carbonyl (C=O) groups is 1. The van der Waals surface area contributed by atoms with Crippen molar-refractivity contribution in [2.45, 2.75) is 50.7 Å². The summed E-state index contributed by atoms with van der Waals surface area (Å²) in [7, 11) is 0. The average Bonchev–Trinajstić information content (AvgIpc) is 3.39. The van der Waals surface area contributed by atoms with Crippen LogP contribution >= 0.6 is 11.6 Å². The molecule has 0 saturated heterocycles. The maximum atomic E-state index is 11.9. The molecule has 7 heteroatoms.